The molecule has 2 aromatic rings. The third-order valence-electron chi connectivity index (χ3n) is 3.06. The lowest BCUT2D eigenvalue weighted by molar-refractivity contribution is -0.115. The van der Waals surface area contributed by atoms with Crippen LogP contribution < -0.4 is 10.6 Å². The van der Waals surface area contributed by atoms with Crippen LogP contribution in [0.1, 0.15) is 5.56 Å². The van der Waals surface area contributed by atoms with Crippen molar-refractivity contribution in [2.45, 2.75) is 13.0 Å². The number of anilines is 1. The van der Waals surface area contributed by atoms with Gasteiger partial charge in [0.2, 0.25) is 5.91 Å². The smallest absolute Gasteiger partial charge is 0.239 e. The lowest BCUT2D eigenvalue weighted by Crippen LogP contribution is -2.30. The maximum Gasteiger partial charge on any atom is 0.239 e. The van der Waals surface area contributed by atoms with E-state index in [9.17, 15) is 4.79 Å². The van der Waals surface area contributed by atoms with Crippen molar-refractivity contribution in [3.63, 3.8) is 0 Å². The molecule has 0 aromatic carbocycles. The van der Waals surface area contributed by atoms with E-state index < -0.39 is 0 Å². The molecule has 2 rings (SSSR count). The van der Waals surface area contributed by atoms with Crippen LogP contribution in [0.3, 0.4) is 0 Å². The number of carbonyl (C=O) groups is 1. The molecule has 0 saturated heterocycles. The number of hydrogen-bond donors (Lipinski definition) is 2. The summed E-state index contributed by atoms with van der Waals surface area (Å²) in [6.07, 6.45) is 6.28. The average Bonchev–Trinajstić information content (AvgIpc) is 2.98. The lowest BCUT2D eigenvalue weighted by Gasteiger charge is -2.04. The Balaban J connectivity index is 1.73. The highest BCUT2D eigenvalue weighted by molar-refractivity contribution is 5.91. The summed E-state index contributed by atoms with van der Waals surface area (Å²) < 4.78 is 6.71. The summed E-state index contributed by atoms with van der Waals surface area (Å²) >= 11 is 0. The molecule has 0 aliphatic heterocycles. The van der Waals surface area contributed by atoms with Crippen LogP contribution in [0.15, 0.2) is 36.8 Å². The molecule has 0 unspecified atom stereocenters. The largest absolute Gasteiger partial charge is 0.383 e. The molecule has 0 bridgehead atoms. The van der Waals surface area contributed by atoms with E-state index in [1.165, 1.54) is 5.56 Å². The second-order valence-electron chi connectivity index (χ2n) is 4.79. The molecule has 7 heteroatoms. The van der Waals surface area contributed by atoms with Gasteiger partial charge in [0.15, 0.2) is 5.82 Å². The number of carbonyl (C=O) groups excluding carboxylic acids is 1. The average molecular weight is 303 g/mol. The molecule has 0 spiro atoms. The van der Waals surface area contributed by atoms with Gasteiger partial charge in [-0.1, -0.05) is 0 Å². The van der Waals surface area contributed by atoms with E-state index in [2.05, 4.69) is 20.7 Å². The van der Waals surface area contributed by atoms with Crippen LogP contribution in [0.4, 0.5) is 5.82 Å². The van der Waals surface area contributed by atoms with Crippen LogP contribution in [-0.4, -0.2) is 47.5 Å². The molecular formula is C15H21N5O2. The monoisotopic (exact) mass is 303 g/mol. The number of aromatic nitrogens is 3. The van der Waals surface area contributed by atoms with Crippen LogP contribution in [0, 0.1) is 0 Å². The second kappa shape index (κ2) is 8.91. The molecule has 118 valence electrons. The molecule has 0 radical (unpaired) electrons. The molecule has 2 aromatic heterocycles. The molecule has 7 nitrogen and oxygen atoms in total. The van der Waals surface area contributed by atoms with Gasteiger partial charge in [-0.25, -0.2) is 0 Å². The van der Waals surface area contributed by atoms with Crippen LogP contribution in [0.5, 0.6) is 0 Å². The number of rotatable bonds is 9. The van der Waals surface area contributed by atoms with Gasteiger partial charge < -0.3 is 15.4 Å². The van der Waals surface area contributed by atoms with E-state index in [-0.39, 0.29) is 12.5 Å². The summed E-state index contributed by atoms with van der Waals surface area (Å²) in [4.78, 5) is 15.7. The second-order valence-corrected chi connectivity index (χ2v) is 4.79. The molecule has 0 atom stereocenters. The Labute approximate surface area is 129 Å². The van der Waals surface area contributed by atoms with Gasteiger partial charge >= 0.3 is 0 Å². The number of nitrogens with zero attached hydrogens (tertiary/aromatic N) is 3. The number of ether oxygens (including phenoxy) is 1. The van der Waals surface area contributed by atoms with E-state index in [0.717, 1.165) is 13.0 Å². The number of methoxy groups -OCH3 is 1. The highest BCUT2D eigenvalue weighted by Crippen LogP contribution is 2.04. The Morgan fingerprint density at radius 3 is 2.91 bits per heavy atom. The normalized spacial score (nSPS) is 10.6. The SMILES string of the molecule is COCCNCC(=O)Nc1ccn(CCc2ccncc2)n1. The minimum atomic E-state index is -0.115. The molecule has 0 aliphatic carbocycles. The van der Waals surface area contributed by atoms with Crippen LogP contribution >= 0.6 is 0 Å². The zero-order valence-electron chi connectivity index (χ0n) is 12.7. The topological polar surface area (TPSA) is 81.1 Å². The van der Waals surface area contributed by atoms with Crippen molar-refractivity contribution in [1.29, 1.82) is 0 Å². The summed E-state index contributed by atoms with van der Waals surface area (Å²) in [6.45, 7) is 2.22. The lowest BCUT2D eigenvalue weighted by atomic mass is 10.2. The Morgan fingerprint density at radius 2 is 2.14 bits per heavy atom. The zero-order valence-corrected chi connectivity index (χ0v) is 12.7. The number of pyridine rings is 1. The van der Waals surface area contributed by atoms with Gasteiger partial charge in [-0.15, -0.1) is 0 Å². The van der Waals surface area contributed by atoms with Gasteiger partial charge in [0.25, 0.3) is 0 Å². The molecule has 0 fully saturated rings. The van der Waals surface area contributed by atoms with Crippen molar-refractivity contribution in [3.8, 4) is 0 Å². The van der Waals surface area contributed by atoms with Gasteiger partial charge in [0.1, 0.15) is 0 Å². The fourth-order valence-corrected chi connectivity index (χ4v) is 1.91. The number of amides is 1. The first-order chi connectivity index (χ1) is 10.8. The van der Waals surface area contributed by atoms with Gasteiger partial charge in [-0.05, 0) is 24.1 Å². The summed E-state index contributed by atoms with van der Waals surface area (Å²) in [5.41, 5.74) is 1.21. The van der Waals surface area contributed by atoms with Crippen molar-refractivity contribution in [2.24, 2.45) is 0 Å². The summed E-state index contributed by atoms with van der Waals surface area (Å²) in [6, 6.07) is 5.76. The van der Waals surface area contributed by atoms with E-state index >= 15 is 0 Å². The molecule has 0 saturated carbocycles. The van der Waals surface area contributed by atoms with E-state index in [0.29, 0.717) is 19.0 Å². The maximum atomic E-state index is 11.7. The van der Waals surface area contributed by atoms with Gasteiger partial charge in [0, 0.05) is 44.9 Å². The van der Waals surface area contributed by atoms with Gasteiger partial charge in [0.05, 0.1) is 13.2 Å². The molecular weight excluding hydrogens is 282 g/mol. The number of nitrogens with one attached hydrogen (secondary N) is 2. The van der Waals surface area contributed by atoms with E-state index in [1.54, 1.807) is 25.6 Å². The molecule has 0 aliphatic rings. The van der Waals surface area contributed by atoms with Crippen LogP contribution in [0.2, 0.25) is 0 Å². The van der Waals surface area contributed by atoms with Crippen molar-refractivity contribution in [2.75, 3.05) is 32.1 Å². The third-order valence-corrected chi connectivity index (χ3v) is 3.06. The molecule has 1 amide bonds. The van der Waals surface area contributed by atoms with Gasteiger partial charge in [-0.2, -0.15) is 5.10 Å². The molecule has 22 heavy (non-hydrogen) atoms. The van der Waals surface area contributed by atoms with Crippen LogP contribution in [0.25, 0.3) is 0 Å². The minimum Gasteiger partial charge on any atom is -0.383 e. The van der Waals surface area contributed by atoms with E-state index in [1.807, 2.05) is 23.0 Å². The third kappa shape index (κ3) is 5.63. The maximum absolute atomic E-state index is 11.7. The molecule has 2 heterocycles. The van der Waals surface area contributed by atoms with Crippen LogP contribution in [-0.2, 0) is 22.5 Å². The zero-order chi connectivity index (χ0) is 15.6. The highest BCUT2D eigenvalue weighted by Gasteiger charge is 2.04. The first kappa shape index (κ1) is 16.1. The minimum absolute atomic E-state index is 0.115. The number of hydrogen-bond acceptors (Lipinski definition) is 5. The van der Waals surface area contributed by atoms with Gasteiger partial charge in [-0.3, -0.25) is 14.5 Å². The first-order valence-electron chi connectivity index (χ1n) is 7.20. The quantitative estimate of drug-likeness (QED) is 0.666. The molecule has 2 N–H and O–H groups in total. The highest BCUT2D eigenvalue weighted by atomic mass is 16.5. The number of aryl methyl sites for hydroxylation is 2. The summed E-state index contributed by atoms with van der Waals surface area (Å²) in [5.74, 6) is 0.448. The summed E-state index contributed by atoms with van der Waals surface area (Å²) in [5, 5.41) is 10.1. The van der Waals surface area contributed by atoms with Crippen molar-refractivity contribution >= 4 is 11.7 Å². The summed E-state index contributed by atoms with van der Waals surface area (Å²) in [7, 11) is 1.63. The predicted octanol–water partition coefficient (Wildman–Crippen LogP) is 0.695. The Morgan fingerprint density at radius 1 is 1.32 bits per heavy atom. The first-order valence-corrected chi connectivity index (χ1v) is 7.20. The Hall–Kier alpha value is -2.25. The predicted molar refractivity (Wildman–Crippen MR) is 83.5 cm³/mol. The van der Waals surface area contributed by atoms with Crippen molar-refractivity contribution in [3.05, 3.63) is 42.4 Å². The van der Waals surface area contributed by atoms with Crippen molar-refractivity contribution in [1.82, 2.24) is 20.1 Å². The Kier molecular flexibility index (Phi) is 6.53. The van der Waals surface area contributed by atoms with Crippen molar-refractivity contribution < 1.29 is 9.53 Å². The fraction of sp³-hybridized carbons (Fsp3) is 0.400. The van der Waals surface area contributed by atoms with E-state index in [4.69, 9.17) is 4.74 Å². The fourth-order valence-electron chi connectivity index (χ4n) is 1.91. The Bertz CT molecular complexity index is 570. The standard InChI is InChI=1S/C15H21N5O2/c1-22-11-8-17-12-15(21)18-14-5-10-20(19-14)9-4-13-2-6-16-7-3-13/h2-3,5-7,10,17H,4,8-9,11-12H2,1H3,(H,18,19,21).